The van der Waals surface area contributed by atoms with Crippen molar-refractivity contribution in [3.05, 3.63) is 76.7 Å². The van der Waals surface area contributed by atoms with E-state index in [1.54, 1.807) is 6.07 Å². The van der Waals surface area contributed by atoms with Gasteiger partial charge in [-0.3, -0.25) is 4.72 Å². The average molecular weight is 444 g/mol. The Hall–Kier alpha value is -2.64. The van der Waals surface area contributed by atoms with Crippen molar-refractivity contribution >= 4 is 33.0 Å². The van der Waals surface area contributed by atoms with Crippen LogP contribution in [0.4, 0.5) is 5.69 Å². The predicted octanol–water partition coefficient (Wildman–Crippen LogP) is 5.79. The fourth-order valence-electron chi connectivity index (χ4n) is 3.17. The molecule has 30 heavy (non-hydrogen) atoms. The summed E-state index contributed by atoms with van der Waals surface area (Å²) in [5.74, 6) is -1.37. The molecule has 0 amide bonds. The Morgan fingerprint density at radius 2 is 1.67 bits per heavy atom. The first kappa shape index (κ1) is 22.1. The maximum absolute atomic E-state index is 12.7. The van der Waals surface area contributed by atoms with Gasteiger partial charge in [0.25, 0.3) is 0 Å². The SMILES string of the molecule is CCCCCc1ccc(CS(=O)(=O)Nc2cc(-c3ccccc3)sc2C(=O)O)cc1. The maximum Gasteiger partial charge on any atom is 0.348 e. The number of aromatic carboxylic acids is 1. The normalized spacial score (nSPS) is 11.4. The third kappa shape index (κ3) is 5.93. The number of anilines is 1. The molecule has 0 aliphatic rings. The molecule has 0 unspecified atom stereocenters. The molecule has 2 N–H and O–H groups in total. The largest absolute Gasteiger partial charge is 0.477 e. The second-order valence-electron chi connectivity index (χ2n) is 7.16. The van der Waals surface area contributed by atoms with Gasteiger partial charge in [0.1, 0.15) is 4.88 Å². The van der Waals surface area contributed by atoms with Crippen molar-refractivity contribution in [3.8, 4) is 10.4 Å². The smallest absolute Gasteiger partial charge is 0.348 e. The van der Waals surface area contributed by atoms with Gasteiger partial charge >= 0.3 is 5.97 Å². The molecule has 5 nitrogen and oxygen atoms in total. The van der Waals surface area contributed by atoms with Crippen LogP contribution in [-0.4, -0.2) is 19.5 Å². The second kappa shape index (κ2) is 9.91. The summed E-state index contributed by atoms with van der Waals surface area (Å²) in [5, 5.41) is 9.51. The molecule has 2 aromatic carbocycles. The Morgan fingerprint density at radius 1 is 1.00 bits per heavy atom. The maximum atomic E-state index is 12.7. The van der Waals surface area contributed by atoms with Gasteiger partial charge in [0.2, 0.25) is 10.0 Å². The first-order chi connectivity index (χ1) is 14.4. The lowest BCUT2D eigenvalue weighted by Crippen LogP contribution is -2.16. The highest BCUT2D eigenvalue weighted by atomic mass is 32.2. The van der Waals surface area contributed by atoms with E-state index in [4.69, 9.17) is 0 Å². The van der Waals surface area contributed by atoms with Crippen molar-refractivity contribution in [1.82, 2.24) is 0 Å². The summed E-state index contributed by atoms with van der Waals surface area (Å²) in [6.07, 6.45) is 4.44. The van der Waals surface area contributed by atoms with Crippen molar-refractivity contribution in [1.29, 1.82) is 0 Å². The molecule has 0 saturated heterocycles. The van der Waals surface area contributed by atoms with E-state index in [0.717, 1.165) is 36.2 Å². The van der Waals surface area contributed by atoms with E-state index in [1.165, 1.54) is 12.0 Å². The van der Waals surface area contributed by atoms with Gasteiger partial charge in [0.05, 0.1) is 11.4 Å². The standard InChI is InChI=1S/C23H25NO4S2/c1-2-3-5-8-17-11-13-18(14-12-17)16-30(27,28)24-20-15-21(29-22(20)23(25)26)19-9-6-4-7-10-19/h4,6-7,9-15,24H,2-3,5,8,16H2,1H3,(H,25,26). The number of carbonyl (C=O) groups is 1. The number of carboxylic acid groups (broad SMARTS) is 1. The molecule has 3 aromatic rings. The molecule has 0 spiro atoms. The lowest BCUT2D eigenvalue weighted by molar-refractivity contribution is 0.0703. The third-order valence-corrected chi connectivity index (χ3v) is 7.12. The van der Waals surface area contributed by atoms with Crippen LogP contribution in [-0.2, 0) is 22.2 Å². The highest BCUT2D eigenvalue weighted by Crippen LogP contribution is 2.35. The molecule has 0 saturated carbocycles. The number of hydrogen-bond donors (Lipinski definition) is 2. The zero-order valence-corrected chi connectivity index (χ0v) is 18.4. The van der Waals surface area contributed by atoms with E-state index in [1.807, 2.05) is 54.6 Å². The van der Waals surface area contributed by atoms with E-state index in [9.17, 15) is 18.3 Å². The molecule has 0 bridgehead atoms. The summed E-state index contributed by atoms with van der Waals surface area (Å²) in [6.45, 7) is 2.16. The van der Waals surface area contributed by atoms with Crippen molar-refractivity contribution in [3.63, 3.8) is 0 Å². The van der Waals surface area contributed by atoms with E-state index in [0.29, 0.717) is 10.4 Å². The molecular formula is C23H25NO4S2. The van der Waals surface area contributed by atoms with E-state index >= 15 is 0 Å². The van der Waals surface area contributed by atoms with Crippen LogP contribution in [0.15, 0.2) is 60.7 Å². The minimum absolute atomic E-state index is 0.0244. The summed E-state index contributed by atoms with van der Waals surface area (Å²) in [4.78, 5) is 12.3. The second-order valence-corrected chi connectivity index (χ2v) is 9.93. The van der Waals surface area contributed by atoms with Gasteiger partial charge in [-0.15, -0.1) is 11.3 Å². The average Bonchev–Trinajstić information content (AvgIpc) is 3.13. The Kier molecular flexibility index (Phi) is 7.29. The molecule has 0 aliphatic carbocycles. The van der Waals surface area contributed by atoms with Crippen LogP contribution in [0.3, 0.4) is 0 Å². The van der Waals surface area contributed by atoms with Crippen molar-refractivity contribution in [2.75, 3.05) is 4.72 Å². The number of nitrogens with one attached hydrogen (secondary N) is 1. The van der Waals surface area contributed by atoms with Crippen LogP contribution in [0.25, 0.3) is 10.4 Å². The molecule has 1 heterocycles. The molecule has 0 fully saturated rings. The van der Waals surface area contributed by atoms with Gasteiger partial charge in [-0.2, -0.15) is 0 Å². The number of benzene rings is 2. The monoisotopic (exact) mass is 443 g/mol. The van der Waals surface area contributed by atoms with Crippen molar-refractivity contribution < 1.29 is 18.3 Å². The van der Waals surface area contributed by atoms with Crippen LogP contribution in [0.5, 0.6) is 0 Å². The molecule has 158 valence electrons. The Balaban J connectivity index is 1.75. The number of hydrogen-bond acceptors (Lipinski definition) is 4. The molecule has 0 atom stereocenters. The van der Waals surface area contributed by atoms with Crippen LogP contribution in [0, 0.1) is 0 Å². The highest BCUT2D eigenvalue weighted by Gasteiger charge is 2.21. The molecule has 1 aromatic heterocycles. The van der Waals surface area contributed by atoms with Gasteiger partial charge < -0.3 is 5.11 Å². The van der Waals surface area contributed by atoms with E-state index in [-0.39, 0.29) is 16.3 Å². The van der Waals surface area contributed by atoms with Gasteiger partial charge in [-0.25, -0.2) is 13.2 Å². The lowest BCUT2D eigenvalue weighted by atomic mass is 10.1. The summed E-state index contributed by atoms with van der Waals surface area (Å²) in [5.41, 5.74) is 2.80. The van der Waals surface area contributed by atoms with Crippen LogP contribution in [0.2, 0.25) is 0 Å². The predicted molar refractivity (Wildman–Crippen MR) is 123 cm³/mol. The Bertz CT molecular complexity index is 1090. The molecule has 3 rings (SSSR count). The minimum atomic E-state index is -3.75. The number of unbranched alkanes of at least 4 members (excludes halogenated alkanes) is 2. The van der Waals surface area contributed by atoms with Gasteiger partial charge in [0.15, 0.2) is 0 Å². The summed E-state index contributed by atoms with van der Waals surface area (Å²) in [6, 6.07) is 18.4. The first-order valence-corrected chi connectivity index (χ1v) is 12.4. The minimum Gasteiger partial charge on any atom is -0.477 e. The van der Waals surface area contributed by atoms with Crippen LogP contribution >= 0.6 is 11.3 Å². The molecule has 7 heteroatoms. The first-order valence-electron chi connectivity index (χ1n) is 9.89. The van der Waals surface area contributed by atoms with Gasteiger partial charge in [-0.1, -0.05) is 74.4 Å². The summed E-state index contributed by atoms with van der Waals surface area (Å²) in [7, 11) is -3.75. The van der Waals surface area contributed by atoms with Crippen molar-refractivity contribution in [2.45, 2.75) is 38.4 Å². The fraction of sp³-hybridized carbons (Fsp3) is 0.261. The summed E-state index contributed by atoms with van der Waals surface area (Å²) < 4.78 is 27.8. The third-order valence-electron chi connectivity index (χ3n) is 4.70. The van der Waals surface area contributed by atoms with Crippen LogP contribution in [0.1, 0.15) is 47.0 Å². The highest BCUT2D eigenvalue weighted by molar-refractivity contribution is 7.91. The summed E-state index contributed by atoms with van der Waals surface area (Å²) >= 11 is 1.05. The van der Waals surface area contributed by atoms with Crippen LogP contribution < -0.4 is 4.72 Å². The van der Waals surface area contributed by atoms with E-state index < -0.39 is 16.0 Å². The quantitative estimate of drug-likeness (QED) is 0.389. The molecule has 0 aliphatic heterocycles. The number of rotatable bonds is 10. The van der Waals surface area contributed by atoms with Gasteiger partial charge in [-0.05, 0) is 35.6 Å². The zero-order valence-electron chi connectivity index (χ0n) is 16.8. The Labute approximate surface area is 181 Å². The number of thiophene rings is 1. The fourth-order valence-corrected chi connectivity index (χ4v) is 5.40. The number of aryl methyl sites for hydroxylation is 1. The zero-order chi connectivity index (χ0) is 21.6. The Morgan fingerprint density at radius 3 is 2.30 bits per heavy atom. The lowest BCUT2D eigenvalue weighted by Gasteiger charge is -2.08. The number of sulfonamides is 1. The van der Waals surface area contributed by atoms with Crippen molar-refractivity contribution in [2.24, 2.45) is 0 Å². The molecule has 0 radical (unpaired) electrons. The molecular weight excluding hydrogens is 418 g/mol. The van der Waals surface area contributed by atoms with Gasteiger partial charge in [0, 0.05) is 4.88 Å². The topological polar surface area (TPSA) is 83.5 Å². The number of carboxylic acids is 1. The van der Waals surface area contributed by atoms with E-state index in [2.05, 4.69) is 11.6 Å².